The van der Waals surface area contributed by atoms with Gasteiger partial charge in [0, 0.05) is 31.6 Å². The molecule has 8 heteroatoms. The highest BCUT2D eigenvalue weighted by atomic mass is 16.7. The summed E-state index contributed by atoms with van der Waals surface area (Å²) in [6.07, 6.45) is 5.76. The van der Waals surface area contributed by atoms with E-state index >= 15 is 0 Å². The van der Waals surface area contributed by atoms with Crippen LogP contribution >= 0.6 is 0 Å². The lowest BCUT2D eigenvalue weighted by molar-refractivity contribution is -0.144. The third-order valence-corrected chi connectivity index (χ3v) is 7.78. The van der Waals surface area contributed by atoms with Gasteiger partial charge >= 0.3 is 5.97 Å². The highest BCUT2D eigenvalue weighted by Crippen LogP contribution is 2.45. The smallest absolute Gasteiger partial charge is 0.308 e. The molecule has 2 aliphatic rings. The lowest BCUT2D eigenvalue weighted by Crippen LogP contribution is -2.46. The van der Waals surface area contributed by atoms with Gasteiger partial charge in [-0.2, -0.15) is 0 Å². The Kier molecular flexibility index (Phi) is 10.8. The van der Waals surface area contributed by atoms with E-state index in [4.69, 9.17) is 9.47 Å². The molecule has 3 rings (SSSR count). The molecule has 0 aliphatic carbocycles. The molecule has 0 bridgehead atoms. The fourth-order valence-electron chi connectivity index (χ4n) is 6.17. The minimum absolute atomic E-state index is 0.0858. The van der Waals surface area contributed by atoms with Crippen molar-refractivity contribution in [2.75, 3.05) is 53.6 Å². The van der Waals surface area contributed by atoms with Crippen molar-refractivity contribution >= 4 is 11.9 Å². The molecule has 3 atom stereocenters. The largest absolute Gasteiger partial charge is 0.481 e. The number of carboxylic acid groups (broad SMARTS) is 1. The molecule has 1 unspecified atom stereocenters. The number of carboxylic acids is 1. The highest BCUT2D eigenvalue weighted by molar-refractivity contribution is 5.79. The molecule has 8 nitrogen and oxygen atoms in total. The van der Waals surface area contributed by atoms with Gasteiger partial charge in [0.15, 0.2) is 11.5 Å². The first kappa shape index (κ1) is 31.0. The van der Waals surface area contributed by atoms with Crippen LogP contribution in [0.15, 0.2) is 29.8 Å². The highest BCUT2D eigenvalue weighted by Gasteiger charge is 2.48. The number of amides is 1. The number of ether oxygens (including phenoxy) is 2. The second kappa shape index (κ2) is 13.7. The number of allylic oxidation sites excluding steroid dienone is 2. The van der Waals surface area contributed by atoms with Crippen molar-refractivity contribution in [3.8, 4) is 11.5 Å². The van der Waals surface area contributed by atoms with E-state index in [0.29, 0.717) is 31.0 Å². The van der Waals surface area contributed by atoms with E-state index in [0.717, 1.165) is 37.9 Å². The Morgan fingerprint density at radius 2 is 1.79 bits per heavy atom. The third-order valence-electron chi connectivity index (χ3n) is 7.78. The summed E-state index contributed by atoms with van der Waals surface area (Å²) in [5.41, 5.74) is 1.91. The molecule has 2 aliphatic heterocycles. The molecule has 0 spiro atoms. The zero-order valence-corrected chi connectivity index (χ0v) is 25.0. The van der Waals surface area contributed by atoms with E-state index in [9.17, 15) is 14.7 Å². The Morgan fingerprint density at radius 3 is 2.44 bits per heavy atom. The summed E-state index contributed by atoms with van der Waals surface area (Å²) in [6.45, 7) is 13.9. The predicted octanol–water partition coefficient (Wildman–Crippen LogP) is 4.85. The van der Waals surface area contributed by atoms with Crippen molar-refractivity contribution in [2.45, 2.75) is 72.3 Å². The Labute approximate surface area is 234 Å². The van der Waals surface area contributed by atoms with Crippen LogP contribution in [0.1, 0.15) is 71.8 Å². The summed E-state index contributed by atoms with van der Waals surface area (Å²) >= 11 is 0. The van der Waals surface area contributed by atoms with Gasteiger partial charge in [0.2, 0.25) is 12.7 Å². The van der Waals surface area contributed by atoms with Crippen LogP contribution in [0.2, 0.25) is 0 Å². The monoisotopic (exact) mass is 543 g/mol. The maximum absolute atomic E-state index is 13.7. The fourth-order valence-corrected chi connectivity index (χ4v) is 6.17. The number of nitrogens with zero attached hydrogens (tertiary/aromatic N) is 3. The summed E-state index contributed by atoms with van der Waals surface area (Å²) in [5.74, 6) is -0.293. The van der Waals surface area contributed by atoms with Crippen molar-refractivity contribution in [3.05, 3.63) is 35.4 Å². The summed E-state index contributed by atoms with van der Waals surface area (Å²) in [7, 11) is 4.09. The Bertz CT molecular complexity index is 1020. The number of rotatable bonds is 14. The number of carbonyl (C=O) groups is 2. The minimum Gasteiger partial charge on any atom is -0.481 e. The number of likely N-dealkylation sites (tertiary alicyclic amines) is 1. The first-order valence-corrected chi connectivity index (χ1v) is 14.4. The third kappa shape index (κ3) is 8.45. The van der Waals surface area contributed by atoms with Gasteiger partial charge < -0.3 is 24.4 Å². The number of carbonyl (C=O) groups excluding carboxylic acids is 1. The van der Waals surface area contributed by atoms with Gasteiger partial charge in [-0.05, 0) is 76.9 Å². The van der Waals surface area contributed by atoms with Crippen LogP contribution in [0.4, 0.5) is 0 Å². The Balaban J connectivity index is 1.91. The molecule has 1 fully saturated rings. The Hall–Kier alpha value is -2.58. The number of hydrogen-bond donors (Lipinski definition) is 1. The van der Waals surface area contributed by atoms with E-state index in [2.05, 4.69) is 50.5 Å². The van der Waals surface area contributed by atoms with E-state index in [-0.39, 0.29) is 36.6 Å². The molecule has 2 heterocycles. The van der Waals surface area contributed by atoms with Crippen LogP contribution in [0.5, 0.6) is 11.5 Å². The lowest BCUT2D eigenvalue weighted by Gasteiger charge is -2.34. The number of aliphatic carboxylic acids is 1. The van der Waals surface area contributed by atoms with Gasteiger partial charge in [0.25, 0.3) is 0 Å². The van der Waals surface area contributed by atoms with Gasteiger partial charge in [0.05, 0.1) is 12.5 Å². The molecule has 39 heavy (non-hydrogen) atoms. The first-order valence-electron chi connectivity index (χ1n) is 14.4. The minimum atomic E-state index is -0.820. The van der Waals surface area contributed by atoms with Crippen LogP contribution in [0.25, 0.3) is 0 Å². The zero-order valence-electron chi connectivity index (χ0n) is 25.0. The van der Waals surface area contributed by atoms with Gasteiger partial charge in [-0.25, -0.2) is 0 Å². The molecule has 218 valence electrons. The quantitative estimate of drug-likeness (QED) is 0.336. The number of hydrogen-bond acceptors (Lipinski definition) is 6. The molecule has 1 aromatic carbocycles. The van der Waals surface area contributed by atoms with Crippen molar-refractivity contribution < 1.29 is 24.2 Å². The van der Waals surface area contributed by atoms with Crippen LogP contribution in [-0.2, 0) is 9.59 Å². The molecule has 1 aromatic rings. The maximum atomic E-state index is 13.7. The molecule has 1 amide bonds. The van der Waals surface area contributed by atoms with E-state index < -0.39 is 11.9 Å². The lowest BCUT2D eigenvalue weighted by atomic mass is 9.77. The summed E-state index contributed by atoms with van der Waals surface area (Å²) in [6, 6.07) is 5.46. The van der Waals surface area contributed by atoms with Gasteiger partial charge in [-0.1, -0.05) is 44.9 Å². The van der Waals surface area contributed by atoms with E-state index in [1.54, 1.807) is 0 Å². The maximum Gasteiger partial charge on any atom is 0.308 e. The number of fused-ring (bicyclic) bond motifs is 1. The first-order chi connectivity index (χ1) is 18.4. The number of benzene rings is 1. The standard InChI is InChI=1S/C31H49N3O5/c1-8-9-14-33(15-10-13-32(6)7)28(35)20-34-19-24(23-11-12-26-27(16-23)39-21-38-26)29(30(36)37)25(34)18-31(4,5)17-22(2)3/h11-12,16-17,24-25,29H,8-10,13-15,18-21H2,1-7H3,(H,36,37)/t24-,25+,29?/m1/s1. The molecule has 1 N–H and O–H groups in total. The van der Waals surface area contributed by atoms with E-state index in [1.165, 1.54) is 5.57 Å². The molecule has 0 radical (unpaired) electrons. The van der Waals surface area contributed by atoms with Crippen molar-refractivity contribution in [1.82, 2.24) is 14.7 Å². The predicted molar refractivity (Wildman–Crippen MR) is 154 cm³/mol. The summed E-state index contributed by atoms with van der Waals surface area (Å²) in [4.78, 5) is 32.8. The second-order valence-electron chi connectivity index (χ2n) is 12.4. The average molecular weight is 544 g/mol. The van der Waals surface area contributed by atoms with E-state index in [1.807, 2.05) is 37.2 Å². The van der Waals surface area contributed by atoms with Crippen LogP contribution in [0, 0.1) is 11.3 Å². The fraction of sp³-hybridized carbons (Fsp3) is 0.677. The topological polar surface area (TPSA) is 82.5 Å². The second-order valence-corrected chi connectivity index (χ2v) is 12.4. The van der Waals surface area contributed by atoms with Crippen molar-refractivity contribution in [2.24, 2.45) is 11.3 Å². The number of unbranched alkanes of at least 4 members (excludes halogenated alkanes) is 1. The van der Waals surface area contributed by atoms with Crippen LogP contribution in [0.3, 0.4) is 0 Å². The summed E-state index contributed by atoms with van der Waals surface area (Å²) in [5, 5.41) is 10.5. The van der Waals surface area contributed by atoms with Crippen LogP contribution in [-0.4, -0.2) is 91.3 Å². The molecular weight excluding hydrogens is 494 g/mol. The molecule has 0 saturated carbocycles. The van der Waals surface area contributed by atoms with Crippen molar-refractivity contribution in [1.29, 1.82) is 0 Å². The summed E-state index contributed by atoms with van der Waals surface area (Å²) < 4.78 is 11.1. The van der Waals surface area contributed by atoms with Gasteiger partial charge in [-0.3, -0.25) is 14.5 Å². The average Bonchev–Trinajstić information content (AvgIpc) is 3.44. The van der Waals surface area contributed by atoms with Gasteiger partial charge in [-0.15, -0.1) is 0 Å². The van der Waals surface area contributed by atoms with Crippen molar-refractivity contribution in [3.63, 3.8) is 0 Å². The molecule has 1 saturated heterocycles. The normalized spacial score (nSPS) is 20.9. The SMILES string of the molecule is CCCCN(CCCN(C)C)C(=O)CN1C[C@H](c2ccc3c(c2)OCO3)C(C(=O)O)[C@@H]1CC(C)(C)C=C(C)C. The van der Waals surface area contributed by atoms with Gasteiger partial charge in [0.1, 0.15) is 0 Å². The van der Waals surface area contributed by atoms with Crippen LogP contribution < -0.4 is 9.47 Å². The Morgan fingerprint density at radius 1 is 1.10 bits per heavy atom. The molecule has 0 aromatic heterocycles. The molecular formula is C31H49N3O5. The zero-order chi connectivity index (χ0) is 28.7.